The minimum Gasteiger partial charge on any atom is -0.497 e. The Bertz CT molecular complexity index is 727. The van der Waals surface area contributed by atoms with E-state index in [-0.39, 0.29) is 6.10 Å². The second-order valence-electron chi connectivity index (χ2n) is 6.13. The van der Waals surface area contributed by atoms with Crippen LogP contribution in [0.4, 0.5) is 0 Å². The summed E-state index contributed by atoms with van der Waals surface area (Å²) in [6.45, 7) is 3.86. The average molecular weight is 322 g/mol. The van der Waals surface area contributed by atoms with Crippen molar-refractivity contribution in [2.75, 3.05) is 7.11 Å². The van der Waals surface area contributed by atoms with E-state index in [9.17, 15) is 0 Å². The molecule has 0 saturated heterocycles. The SMILES string of the molecule is COc1ccc(C=CC2=CC(c3ccccc3)OC(C)(C)O2)cc1. The van der Waals surface area contributed by atoms with Crippen molar-refractivity contribution in [3.63, 3.8) is 0 Å². The molecule has 0 saturated carbocycles. The van der Waals surface area contributed by atoms with E-state index >= 15 is 0 Å². The third kappa shape index (κ3) is 4.06. The Hall–Kier alpha value is -2.52. The normalized spacial score (nSPS) is 19.6. The average Bonchev–Trinajstić information content (AvgIpc) is 2.60. The predicted octanol–water partition coefficient (Wildman–Crippen LogP) is 5.12. The fraction of sp³-hybridized carbons (Fsp3) is 0.238. The summed E-state index contributed by atoms with van der Waals surface area (Å²) in [5, 5.41) is 0. The van der Waals surface area contributed by atoms with E-state index in [0.29, 0.717) is 0 Å². The third-order valence-electron chi connectivity index (χ3n) is 3.77. The molecule has 1 aliphatic rings. The van der Waals surface area contributed by atoms with Crippen LogP contribution in [-0.2, 0) is 9.47 Å². The van der Waals surface area contributed by atoms with Gasteiger partial charge in [0.25, 0.3) is 0 Å². The Labute approximate surface area is 143 Å². The van der Waals surface area contributed by atoms with Crippen LogP contribution in [0.2, 0.25) is 0 Å². The van der Waals surface area contributed by atoms with Gasteiger partial charge in [0.2, 0.25) is 5.79 Å². The first-order valence-corrected chi connectivity index (χ1v) is 8.01. The van der Waals surface area contributed by atoms with Crippen LogP contribution in [0, 0.1) is 0 Å². The molecule has 1 atom stereocenters. The number of rotatable bonds is 4. The number of hydrogen-bond acceptors (Lipinski definition) is 3. The quantitative estimate of drug-likeness (QED) is 0.782. The first-order chi connectivity index (χ1) is 11.6. The van der Waals surface area contributed by atoms with Crippen LogP contribution in [0.5, 0.6) is 5.75 Å². The highest BCUT2D eigenvalue weighted by Gasteiger charge is 2.30. The van der Waals surface area contributed by atoms with Gasteiger partial charge < -0.3 is 14.2 Å². The standard InChI is InChI=1S/C21H22O3/c1-21(2)23-19(14-11-16-9-12-18(22-3)13-10-16)15-20(24-21)17-7-5-4-6-8-17/h4-15,20H,1-3H3. The lowest BCUT2D eigenvalue weighted by molar-refractivity contribution is -0.221. The molecular formula is C21H22O3. The van der Waals surface area contributed by atoms with Crippen LogP contribution in [0.25, 0.3) is 6.08 Å². The molecule has 3 heteroatoms. The Kier molecular flexibility index (Phi) is 4.72. The van der Waals surface area contributed by atoms with Crippen LogP contribution < -0.4 is 4.74 Å². The van der Waals surface area contributed by atoms with E-state index in [1.165, 1.54) is 0 Å². The number of hydrogen-bond donors (Lipinski definition) is 0. The van der Waals surface area contributed by atoms with Gasteiger partial charge in [-0.1, -0.05) is 48.5 Å². The lowest BCUT2D eigenvalue weighted by Crippen LogP contribution is -2.33. The maximum absolute atomic E-state index is 6.02. The van der Waals surface area contributed by atoms with Crippen molar-refractivity contribution in [3.8, 4) is 5.75 Å². The summed E-state index contributed by atoms with van der Waals surface area (Å²) in [7, 11) is 1.66. The van der Waals surface area contributed by atoms with E-state index in [1.54, 1.807) is 7.11 Å². The van der Waals surface area contributed by atoms with E-state index in [4.69, 9.17) is 14.2 Å². The first kappa shape index (κ1) is 16.3. The minimum atomic E-state index is -0.672. The molecule has 24 heavy (non-hydrogen) atoms. The van der Waals surface area contributed by atoms with Crippen molar-refractivity contribution >= 4 is 6.08 Å². The number of benzene rings is 2. The van der Waals surface area contributed by atoms with Crippen molar-refractivity contribution in [3.05, 3.63) is 83.6 Å². The molecule has 1 heterocycles. The van der Waals surface area contributed by atoms with Gasteiger partial charge in [-0.3, -0.25) is 0 Å². The van der Waals surface area contributed by atoms with E-state index in [1.807, 2.05) is 74.5 Å². The molecule has 124 valence electrons. The third-order valence-corrected chi connectivity index (χ3v) is 3.77. The van der Waals surface area contributed by atoms with Crippen molar-refractivity contribution in [1.82, 2.24) is 0 Å². The molecule has 2 aromatic carbocycles. The van der Waals surface area contributed by atoms with E-state index in [0.717, 1.165) is 22.6 Å². The number of ether oxygens (including phenoxy) is 3. The zero-order chi connectivity index (χ0) is 17.0. The molecule has 0 spiro atoms. The van der Waals surface area contributed by atoms with Gasteiger partial charge in [-0.05, 0) is 35.4 Å². The molecule has 3 nitrogen and oxygen atoms in total. The van der Waals surface area contributed by atoms with Gasteiger partial charge >= 0.3 is 0 Å². The fourth-order valence-corrected chi connectivity index (χ4v) is 2.62. The maximum Gasteiger partial charge on any atom is 0.205 e. The zero-order valence-electron chi connectivity index (χ0n) is 14.2. The van der Waals surface area contributed by atoms with Crippen LogP contribution in [0.1, 0.15) is 31.1 Å². The van der Waals surface area contributed by atoms with E-state index < -0.39 is 5.79 Å². The van der Waals surface area contributed by atoms with Crippen molar-refractivity contribution in [2.45, 2.75) is 25.7 Å². The maximum atomic E-state index is 6.02. The summed E-state index contributed by atoms with van der Waals surface area (Å²) in [5.74, 6) is 0.976. The molecule has 3 rings (SSSR count). The molecule has 1 aliphatic heterocycles. The minimum absolute atomic E-state index is 0.120. The first-order valence-electron chi connectivity index (χ1n) is 8.01. The molecule has 0 aliphatic carbocycles. The topological polar surface area (TPSA) is 27.7 Å². The van der Waals surface area contributed by atoms with Gasteiger partial charge in [-0.15, -0.1) is 0 Å². The summed E-state index contributed by atoms with van der Waals surface area (Å²) in [6.07, 6.45) is 5.88. The van der Waals surface area contributed by atoms with Gasteiger partial charge in [0.15, 0.2) is 0 Å². The Morgan fingerprint density at radius 1 is 0.958 bits per heavy atom. The molecule has 0 fully saturated rings. The Morgan fingerprint density at radius 3 is 2.33 bits per heavy atom. The Balaban J connectivity index is 1.82. The van der Waals surface area contributed by atoms with Crippen molar-refractivity contribution in [2.24, 2.45) is 0 Å². The summed E-state index contributed by atoms with van der Waals surface area (Å²) in [4.78, 5) is 0. The monoisotopic (exact) mass is 322 g/mol. The largest absolute Gasteiger partial charge is 0.497 e. The second kappa shape index (κ2) is 6.93. The Morgan fingerprint density at radius 2 is 1.67 bits per heavy atom. The van der Waals surface area contributed by atoms with Gasteiger partial charge in [0.1, 0.15) is 17.6 Å². The molecule has 0 radical (unpaired) electrons. The van der Waals surface area contributed by atoms with Crippen molar-refractivity contribution < 1.29 is 14.2 Å². The molecular weight excluding hydrogens is 300 g/mol. The lowest BCUT2D eigenvalue weighted by Gasteiger charge is -2.35. The fourth-order valence-electron chi connectivity index (χ4n) is 2.62. The molecule has 2 aromatic rings. The van der Waals surface area contributed by atoms with Crippen LogP contribution >= 0.6 is 0 Å². The van der Waals surface area contributed by atoms with Crippen LogP contribution in [0.3, 0.4) is 0 Å². The summed E-state index contributed by atoms with van der Waals surface area (Å²) < 4.78 is 17.1. The highest BCUT2D eigenvalue weighted by Crippen LogP contribution is 2.34. The van der Waals surface area contributed by atoms with Gasteiger partial charge in [-0.2, -0.15) is 0 Å². The van der Waals surface area contributed by atoms with Crippen molar-refractivity contribution in [1.29, 1.82) is 0 Å². The lowest BCUT2D eigenvalue weighted by atomic mass is 10.1. The number of methoxy groups -OCH3 is 1. The molecule has 0 aromatic heterocycles. The van der Waals surface area contributed by atoms with Crippen LogP contribution in [-0.4, -0.2) is 12.9 Å². The van der Waals surface area contributed by atoms with Crippen LogP contribution in [0.15, 0.2) is 72.5 Å². The smallest absolute Gasteiger partial charge is 0.205 e. The predicted molar refractivity (Wildman–Crippen MR) is 95.5 cm³/mol. The highest BCUT2D eigenvalue weighted by atomic mass is 16.7. The molecule has 0 amide bonds. The summed E-state index contributed by atoms with van der Waals surface area (Å²) in [6, 6.07) is 18.1. The molecule has 0 N–H and O–H groups in total. The molecule has 0 bridgehead atoms. The van der Waals surface area contributed by atoms with E-state index in [2.05, 4.69) is 12.1 Å². The summed E-state index contributed by atoms with van der Waals surface area (Å²) in [5.41, 5.74) is 2.20. The number of allylic oxidation sites excluding steroid dienone is 1. The van der Waals surface area contributed by atoms with Gasteiger partial charge in [0.05, 0.1) is 7.11 Å². The van der Waals surface area contributed by atoms with Gasteiger partial charge in [-0.25, -0.2) is 0 Å². The zero-order valence-corrected chi connectivity index (χ0v) is 14.2. The summed E-state index contributed by atoms with van der Waals surface area (Å²) >= 11 is 0. The van der Waals surface area contributed by atoms with Gasteiger partial charge in [0, 0.05) is 13.8 Å². The highest BCUT2D eigenvalue weighted by molar-refractivity contribution is 5.53. The molecule has 1 unspecified atom stereocenters. The second-order valence-corrected chi connectivity index (χ2v) is 6.13.